The van der Waals surface area contributed by atoms with E-state index >= 15 is 0 Å². The number of aromatic nitrogens is 2. The largest absolute Gasteiger partial charge is 0.393 e. The first-order chi connectivity index (χ1) is 9.81. The van der Waals surface area contributed by atoms with Crippen molar-refractivity contribution in [3.8, 4) is 0 Å². The minimum absolute atomic E-state index is 0.0248. The number of anilines is 1. The van der Waals surface area contributed by atoms with Gasteiger partial charge in [-0.15, -0.1) is 0 Å². The Morgan fingerprint density at radius 3 is 2.71 bits per heavy atom. The number of hydrogen-bond acceptors (Lipinski definition) is 6. The molecule has 1 aromatic carbocycles. The topological polar surface area (TPSA) is 133 Å². The summed E-state index contributed by atoms with van der Waals surface area (Å²) >= 11 is 0. The molecule has 0 atom stereocenters. The number of sulfonamides is 1. The maximum atomic E-state index is 12.1. The number of aryl methyl sites for hydroxylation is 1. The van der Waals surface area contributed by atoms with Crippen LogP contribution >= 0.6 is 0 Å². The van der Waals surface area contributed by atoms with Gasteiger partial charge in [-0.3, -0.25) is 14.8 Å². The van der Waals surface area contributed by atoms with Crippen molar-refractivity contribution in [3.05, 3.63) is 46.3 Å². The van der Waals surface area contributed by atoms with Crippen LogP contribution in [0.5, 0.6) is 0 Å². The molecule has 0 aliphatic heterocycles. The van der Waals surface area contributed by atoms with Crippen LogP contribution in [-0.4, -0.2) is 23.1 Å². The Hall–Kier alpha value is -2.46. The van der Waals surface area contributed by atoms with E-state index in [-0.39, 0.29) is 17.1 Å². The van der Waals surface area contributed by atoms with E-state index in [0.29, 0.717) is 5.69 Å². The van der Waals surface area contributed by atoms with Crippen LogP contribution in [-0.2, 0) is 23.6 Å². The molecular formula is C11H13N5O4S. The second kappa shape index (κ2) is 5.50. The summed E-state index contributed by atoms with van der Waals surface area (Å²) in [6, 6.07) is 5.00. The summed E-state index contributed by atoms with van der Waals surface area (Å²) in [4.78, 5) is 9.85. The van der Waals surface area contributed by atoms with E-state index in [9.17, 15) is 18.5 Å². The molecule has 0 aliphatic carbocycles. The van der Waals surface area contributed by atoms with Gasteiger partial charge < -0.3 is 5.73 Å². The fourth-order valence-electron chi connectivity index (χ4n) is 1.68. The molecule has 0 fully saturated rings. The molecule has 2 rings (SSSR count). The molecule has 0 radical (unpaired) electrons. The molecule has 1 heterocycles. The van der Waals surface area contributed by atoms with E-state index in [4.69, 9.17) is 5.73 Å². The maximum absolute atomic E-state index is 12.1. The van der Waals surface area contributed by atoms with E-state index < -0.39 is 20.6 Å². The lowest BCUT2D eigenvalue weighted by atomic mass is 10.3. The van der Waals surface area contributed by atoms with Gasteiger partial charge in [0.05, 0.1) is 22.1 Å². The van der Waals surface area contributed by atoms with Crippen LogP contribution in [0.1, 0.15) is 5.69 Å². The van der Waals surface area contributed by atoms with Crippen LogP contribution in [0.2, 0.25) is 0 Å². The van der Waals surface area contributed by atoms with E-state index in [1.807, 2.05) is 0 Å². The molecule has 0 unspecified atom stereocenters. The van der Waals surface area contributed by atoms with Crippen LogP contribution in [0.4, 0.5) is 11.4 Å². The molecule has 1 aromatic heterocycles. The van der Waals surface area contributed by atoms with E-state index in [1.54, 1.807) is 13.1 Å². The van der Waals surface area contributed by atoms with Crippen LogP contribution in [0.3, 0.4) is 0 Å². The van der Waals surface area contributed by atoms with Crippen molar-refractivity contribution in [3.63, 3.8) is 0 Å². The summed E-state index contributed by atoms with van der Waals surface area (Å²) < 4.78 is 28.1. The lowest BCUT2D eigenvalue weighted by Crippen LogP contribution is -2.24. The first-order valence-electron chi connectivity index (χ1n) is 5.82. The van der Waals surface area contributed by atoms with Gasteiger partial charge in [0, 0.05) is 19.3 Å². The molecule has 0 bridgehead atoms. The number of nitrogen functional groups attached to an aromatic ring is 1. The zero-order valence-electron chi connectivity index (χ0n) is 11.1. The molecule has 10 heteroatoms. The molecule has 9 nitrogen and oxygen atoms in total. The minimum Gasteiger partial charge on any atom is -0.393 e. The number of hydrogen-bond donors (Lipinski definition) is 2. The number of rotatable bonds is 5. The standard InChI is InChI=1S/C11H13N5O4S/c1-15-8(4-5-13-15)7-14-21(19,20)9-2-3-10(12)11(6-9)16(17)18/h2-6,14H,7,12H2,1H3. The molecule has 0 amide bonds. The van der Waals surface area contributed by atoms with Gasteiger partial charge in [-0.25, -0.2) is 13.1 Å². The van der Waals surface area contributed by atoms with E-state index in [1.165, 1.54) is 23.0 Å². The number of nitro benzene ring substituents is 1. The van der Waals surface area contributed by atoms with Gasteiger partial charge in [-0.2, -0.15) is 5.10 Å². The monoisotopic (exact) mass is 311 g/mol. The molecular weight excluding hydrogens is 298 g/mol. The van der Waals surface area contributed by atoms with Gasteiger partial charge in [-0.1, -0.05) is 0 Å². The predicted octanol–water partition coefficient (Wildman–Crippen LogP) is 0.389. The Kier molecular flexibility index (Phi) is 3.91. The zero-order chi connectivity index (χ0) is 15.6. The van der Waals surface area contributed by atoms with Crippen molar-refractivity contribution in [2.75, 3.05) is 5.73 Å². The van der Waals surface area contributed by atoms with Crippen LogP contribution in [0.15, 0.2) is 35.4 Å². The number of nitrogens with zero attached hydrogens (tertiary/aromatic N) is 3. The number of benzene rings is 1. The molecule has 0 aliphatic rings. The van der Waals surface area contributed by atoms with Gasteiger partial charge >= 0.3 is 0 Å². The highest BCUT2D eigenvalue weighted by atomic mass is 32.2. The van der Waals surface area contributed by atoms with Gasteiger partial charge in [0.1, 0.15) is 5.69 Å². The molecule has 3 N–H and O–H groups in total. The summed E-state index contributed by atoms with van der Waals surface area (Å²) in [7, 11) is -2.20. The highest BCUT2D eigenvalue weighted by Crippen LogP contribution is 2.24. The third kappa shape index (κ3) is 3.17. The highest BCUT2D eigenvalue weighted by Gasteiger charge is 2.20. The summed E-state index contributed by atoms with van der Waals surface area (Å²) in [5.74, 6) is 0. The Balaban J connectivity index is 2.26. The van der Waals surface area contributed by atoms with E-state index in [2.05, 4.69) is 9.82 Å². The molecule has 0 saturated heterocycles. The van der Waals surface area contributed by atoms with Gasteiger partial charge in [0.2, 0.25) is 10.0 Å². The van der Waals surface area contributed by atoms with Crippen molar-refractivity contribution in [2.45, 2.75) is 11.4 Å². The number of nitrogens with two attached hydrogens (primary N) is 1. The van der Waals surface area contributed by atoms with E-state index in [0.717, 1.165) is 6.07 Å². The Morgan fingerprint density at radius 1 is 1.43 bits per heavy atom. The lowest BCUT2D eigenvalue weighted by Gasteiger charge is -2.07. The Labute approximate surface area is 120 Å². The first kappa shape index (κ1) is 14.9. The quantitative estimate of drug-likeness (QED) is 0.466. The summed E-state index contributed by atoms with van der Waals surface area (Å²) in [6.07, 6.45) is 1.54. The Morgan fingerprint density at radius 2 is 2.14 bits per heavy atom. The van der Waals surface area contributed by atoms with Crippen LogP contribution in [0.25, 0.3) is 0 Å². The van der Waals surface area contributed by atoms with Crippen molar-refractivity contribution in [1.29, 1.82) is 0 Å². The fraction of sp³-hybridized carbons (Fsp3) is 0.182. The summed E-state index contributed by atoms with van der Waals surface area (Å²) in [5.41, 5.74) is 5.55. The number of nitro groups is 1. The van der Waals surface area contributed by atoms with Crippen molar-refractivity contribution < 1.29 is 13.3 Å². The van der Waals surface area contributed by atoms with Crippen LogP contribution in [0, 0.1) is 10.1 Å². The van der Waals surface area contributed by atoms with Gasteiger partial charge in [0.15, 0.2) is 0 Å². The van der Waals surface area contributed by atoms with Crippen molar-refractivity contribution in [1.82, 2.24) is 14.5 Å². The third-order valence-electron chi connectivity index (χ3n) is 2.87. The van der Waals surface area contributed by atoms with Crippen molar-refractivity contribution >= 4 is 21.4 Å². The van der Waals surface area contributed by atoms with Gasteiger partial charge in [-0.05, 0) is 18.2 Å². The predicted molar refractivity (Wildman–Crippen MR) is 74.7 cm³/mol. The molecule has 2 aromatic rings. The minimum atomic E-state index is -3.88. The highest BCUT2D eigenvalue weighted by molar-refractivity contribution is 7.89. The third-order valence-corrected chi connectivity index (χ3v) is 4.27. The summed E-state index contributed by atoms with van der Waals surface area (Å²) in [6.45, 7) is 0.0248. The fourth-order valence-corrected chi connectivity index (χ4v) is 2.69. The van der Waals surface area contributed by atoms with Gasteiger partial charge in [0.25, 0.3) is 5.69 Å². The Bertz CT molecular complexity index is 784. The normalized spacial score (nSPS) is 11.5. The second-order valence-corrected chi connectivity index (χ2v) is 6.02. The average Bonchev–Trinajstić information content (AvgIpc) is 2.82. The SMILES string of the molecule is Cn1nccc1CNS(=O)(=O)c1ccc(N)c([N+](=O)[O-])c1. The first-order valence-corrected chi connectivity index (χ1v) is 7.30. The molecule has 0 spiro atoms. The second-order valence-electron chi connectivity index (χ2n) is 4.25. The maximum Gasteiger partial charge on any atom is 0.293 e. The molecule has 112 valence electrons. The lowest BCUT2D eigenvalue weighted by molar-refractivity contribution is -0.384. The average molecular weight is 311 g/mol. The smallest absolute Gasteiger partial charge is 0.293 e. The molecule has 21 heavy (non-hydrogen) atoms. The summed E-state index contributed by atoms with van der Waals surface area (Å²) in [5, 5.41) is 14.7. The van der Waals surface area contributed by atoms with Crippen molar-refractivity contribution in [2.24, 2.45) is 7.05 Å². The zero-order valence-corrected chi connectivity index (χ0v) is 11.9. The number of nitrogens with one attached hydrogen (secondary N) is 1. The molecule has 0 saturated carbocycles. The van der Waals surface area contributed by atoms with Crippen LogP contribution < -0.4 is 10.5 Å².